The maximum atomic E-state index is 12.8. The summed E-state index contributed by atoms with van der Waals surface area (Å²) in [6.45, 7) is 2.91. The molecule has 0 saturated carbocycles. The lowest BCUT2D eigenvalue weighted by Gasteiger charge is -2.28. The number of nitrogens with one attached hydrogen (secondary N) is 1. The van der Waals surface area contributed by atoms with E-state index in [1.807, 2.05) is 49.5 Å². The standard InChI is InChI=1S/C29H31N5O/c1-33(20-16-25-7-3-4-17-30-25)29(35)24-10-8-22(9-11-24)27-21-28(32-31-27)23-12-14-26(15-13-23)34-18-5-2-6-19-34/h3-4,7-15,17,21H,2,5-6,16,18-20H2,1H3,(H,31,32). The molecule has 178 valence electrons. The number of aromatic amines is 1. The van der Waals surface area contributed by atoms with Crippen molar-refractivity contribution in [2.75, 3.05) is 31.6 Å². The Balaban J connectivity index is 1.22. The average molecular weight is 466 g/mol. The number of nitrogens with zero attached hydrogens (tertiary/aromatic N) is 4. The van der Waals surface area contributed by atoms with Crippen LogP contribution in [-0.4, -0.2) is 52.7 Å². The Labute approximate surface area is 206 Å². The quantitative estimate of drug-likeness (QED) is 0.395. The van der Waals surface area contributed by atoms with Crippen molar-refractivity contribution in [3.8, 4) is 22.5 Å². The molecule has 1 aliphatic rings. The van der Waals surface area contributed by atoms with Gasteiger partial charge in [0.1, 0.15) is 0 Å². The zero-order chi connectivity index (χ0) is 24.0. The highest BCUT2D eigenvalue weighted by Gasteiger charge is 2.14. The van der Waals surface area contributed by atoms with Crippen LogP contribution in [0.4, 0.5) is 5.69 Å². The summed E-state index contributed by atoms with van der Waals surface area (Å²) in [5, 5.41) is 7.67. The molecule has 0 unspecified atom stereocenters. The van der Waals surface area contributed by atoms with Crippen molar-refractivity contribution in [2.45, 2.75) is 25.7 Å². The molecule has 1 amide bonds. The predicted molar refractivity (Wildman–Crippen MR) is 140 cm³/mol. The van der Waals surface area contributed by atoms with E-state index in [1.54, 1.807) is 11.1 Å². The van der Waals surface area contributed by atoms with E-state index in [1.165, 1.54) is 24.9 Å². The van der Waals surface area contributed by atoms with Crippen LogP contribution in [0.1, 0.15) is 35.3 Å². The third-order valence-corrected chi connectivity index (χ3v) is 6.68. The molecule has 3 heterocycles. The second-order valence-corrected chi connectivity index (χ2v) is 9.14. The molecular formula is C29H31N5O. The fraction of sp³-hybridized carbons (Fsp3) is 0.276. The van der Waals surface area contributed by atoms with Crippen LogP contribution in [0.5, 0.6) is 0 Å². The first-order valence-corrected chi connectivity index (χ1v) is 12.3. The smallest absolute Gasteiger partial charge is 0.253 e. The number of likely N-dealkylation sites (N-methyl/N-ethyl adjacent to an activating group) is 1. The number of hydrogen-bond acceptors (Lipinski definition) is 4. The maximum absolute atomic E-state index is 12.8. The van der Waals surface area contributed by atoms with Crippen LogP contribution < -0.4 is 4.90 Å². The van der Waals surface area contributed by atoms with Crippen molar-refractivity contribution in [2.24, 2.45) is 0 Å². The number of carbonyl (C=O) groups is 1. The largest absolute Gasteiger partial charge is 0.372 e. The monoisotopic (exact) mass is 465 g/mol. The van der Waals surface area contributed by atoms with Gasteiger partial charge in [0, 0.05) is 61.8 Å². The molecule has 0 atom stereocenters. The molecule has 1 saturated heterocycles. The van der Waals surface area contributed by atoms with Crippen molar-refractivity contribution in [3.05, 3.63) is 90.3 Å². The summed E-state index contributed by atoms with van der Waals surface area (Å²) in [7, 11) is 1.83. The molecule has 1 aliphatic heterocycles. The van der Waals surface area contributed by atoms with Crippen molar-refractivity contribution in [1.29, 1.82) is 0 Å². The molecule has 6 heteroatoms. The second-order valence-electron chi connectivity index (χ2n) is 9.14. The number of hydrogen-bond donors (Lipinski definition) is 1. The molecule has 2 aromatic carbocycles. The first-order chi connectivity index (χ1) is 17.2. The van der Waals surface area contributed by atoms with E-state index in [4.69, 9.17) is 0 Å². The summed E-state index contributed by atoms with van der Waals surface area (Å²) >= 11 is 0. The molecule has 6 nitrogen and oxygen atoms in total. The lowest BCUT2D eigenvalue weighted by Crippen LogP contribution is -2.29. The average Bonchev–Trinajstić information content (AvgIpc) is 3.43. The summed E-state index contributed by atoms with van der Waals surface area (Å²) in [5.41, 5.74) is 6.89. The van der Waals surface area contributed by atoms with E-state index in [-0.39, 0.29) is 5.91 Å². The summed E-state index contributed by atoms with van der Waals surface area (Å²) in [4.78, 5) is 21.4. The minimum Gasteiger partial charge on any atom is -0.372 e. The summed E-state index contributed by atoms with van der Waals surface area (Å²) < 4.78 is 0. The van der Waals surface area contributed by atoms with Crippen LogP contribution in [0.15, 0.2) is 79.0 Å². The number of benzene rings is 2. The van der Waals surface area contributed by atoms with Crippen LogP contribution in [0.25, 0.3) is 22.5 Å². The van der Waals surface area contributed by atoms with E-state index in [9.17, 15) is 4.79 Å². The number of aromatic nitrogens is 3. The van der Waals surface area contributed by atoms with E-state index < -0.39 is 0 Å². The molecule has 0 radical (unpaired) electrons. The van der Waals surface area contributed by atoms with Crippen molar-refractivity contribution < 1.29 is 4.79 Å². The highest BCUT2D eigenvalue weighted by molar-refractivity contribution is 5.94. The van der Waals surface area contributed by atoms with E-state index in [2.05, 4.69) is 50.4 Å². The van der Waals surface area contributed by atoms with Gasteiger partial charge in [-0.3, -0.25) is 14.9 Å². The first kappa shape index (κ1) is 22.8. The fourth-order valence-electron chi connectivity index (χ4n) is 4.56. The Morgan fingerprint density at radius 2 is 1.69 bits per heavy atom. The summed E-state index contributed by atoms with van der Waals surface area (Å²) in [5.74, 6) is 0.00609. The van der Waals surface area contributed by atoms with Gasteiger partial charge in [0.05, 0.1) is 11.4 Å². The lowest BCUT2D eigenvalue weighted by molar-refractivity contribution is 0.0796. The molecule has 0 spiro atoms. The molecular weight excluding hydrogens is 434 g/mol. The van der Waals surface area contributed by atoms with Gasteiger partial charge >= 0.3 is 0 Å². The molecule has 1 fully saturated rings. The number of H-pyrrole nitrogens is 1. The van der Waals surface area contributed by atoms with Gasteiger partial charge in [0.2, 0.25) is 0 Å². The van der Waals surface area contributed by atoms with Crippen LogP contribution in [0.3, 0.4) is 0 Å². The molecule has 5 rings (SSSR count). The first-order valence-electron chi connectivity index (χ1n) is 12.3. The zero-order valence-electron chi connectivity index (χ0n) is 20.2. The highest BCUT2D eigenvalue weighted by atomic mass is 16.2. The fourth-order valence-corrected chi connectivity index (χ4v) is 4.56. The number of anilines is 1. The van der Waals surface area contributed by atoms with E-state index in [0.29, 0.717) is 12.1 Å². The SMILES string of the molecule is CN(CCc1ccccn1)C(=O)c1ccc(-c2cc(-c3ccc(N4CCCCC4)cc3)n[nH]2)cc1. The molecule has 4 aromatic rings. The van der Waals surface area contributed by atoms with E-state index >= 15 is 0 Å². The molecule has 0 bridgehead atoms. The minimum atomic E-state index is 0.00609. The van der Waals surface area contributed by atoms with Crippen molar-refractivity contribution in [1.82, 2.24) is 20.1 Å². The third kappa shape index (κ3) is 5.43. The summed E-state index contributed by atoms with van der Waals surface area (Å²) in [6, 6.07) is 24.3. The minimum absolute atomic E-state index is 0.00609. The second kappa shape index (κ2) is 10.6. The Hall–Kier alpha value is -3.93. The topological polar surface area (TPSA) is 65.1 Å². The van der Waals surface area contributed by atoms with Gasteiger partial charge in [0.25, 0.3) is 5.91 Å². The van der Waals surface area contributed by atoms with Gasteiger partial charge in [-0.25, -0.2) is 0 Å². The number of amides is 1. The number of carbonyl (C=O) groups excluding carboxylic acids is 1. The lowest BCUT2D eigenvalue weighted by atomic mass is 10.1. The Kier molecular flexibility index (Phi) is 6.89. The number of pyridine rings is 1. The van der Waals surface area contributed by atoms with Gasteiger partial charge in [0.15, 0.2) is 0 Å². The number of rotatable bonds is 7. The van der Waals surface area contributed by atoms with Crippen LogP contribution in [0, 0.1) is 0 Å². The van der Waals surface area contributed by atoms with Gasteiger partial charge in [-0.2, -0.15) is 5.10 Å². The zero-order valence-corrected chi connectivity index (χ0v) is 20.2. The van der Waals surface area contributed by atoms with Gasteiger partial charge < -0.3 is 9.80 Å². The molecule has 2 aromatic heterocycles. The van der Waals surface area contributed by atoms with Gasteiger partial charge in [-0.1, -0.05) is 30.3 Å². The number of piperidine rings is 1. The van der Waals surface area contributed by atoms with Crippen LogP contribution in [-0.2, 0) is 6.42 Å². The Morgan fingerprint density at radius 3 is 2.40 bits per heavy atom. The molecule has 1 N–H and O–H groups in total. The van der Waals surface area contributed by atoms with E-state index in [0.717, 1.165) is 47.7 Å². The van der Waals surface area contributed by atoms with Crippen LogP contribution >= 0.6 is 0 Å². The van der Waals surface area contributed by atoms with Crippen LogP contribution in [0.2, 0.25) is 0 Å². The maximum Gasteiger partial charge on any atom is 0.253 e. The summed E-state index contributed by atoms with van der Waals surface area (Å²) in [6.07, 6.45) is 6.40. The molecule has 35 heavy (non-hydrogen) atoms. The predicted octanol–water partition coefficient (Wildman–Crippen LogP) is 5.44. The third-order valence-electron chi connectivity index (χ3n) is 6.68. The normalized spacial score (nSPS) is 13.6. The van der Waals surface area contributed by atoms with Crippen molar-refractivity contribution >= 4 is 11.6 Å². The Bertz CT molecular complexity index is 1240. The molecule has 0 aliphatic carbocycles. The highest BCUT2D eigenvalue weighted by Crippen LogP contribution is 2.27. The Morgan fingerprint density at radius 1 is 0.943 bits per heavy atom. The van der Waals surface area contributed by atoms with Crippen molar-refractivity contribution in [3.63, 3.8) is 0 Å². The van der Waals surface area contributed by atoms with Gasteiger partial charge in [-0.05, 0) is 67.3 Å². The van der Waals surface area contributed by atoms with Gasteiger partial charge in [-0.15, -0.1) is 0 Å².